The molecule has 2 aliphatic heterocycles. The molecule has 29 heavy (non-hydrogen) atoms. The Morgan fingerprint density at radius 1 is 1.21 bits per heavy atom. The van der Waals surface area contributed by atoms with Crippen molar-refractivity contribution in [3.8, 4) is 0 Å². The highest BCUT2D eigenvalue weighted by atomic mass is 79.9. The van der Waals surface area contributed by atoms with Crippen molar-refractivity contribution in [1.29, 1.82) is 0 Å². The molecule has 3 heterocycles. The van der Waals surface area contributed by atoms with E-state index in [0.717, 1.165) is 36.2 Å². The van der Waals surface area contributed by atoms with Crippen LogP contribution in [-0.4, -0.2) is 52.8 Å². The lowest BCUT2D eigenvalue weighted by Gasteiger charge is -2.31. The number of hydrogen-bond donors (Lipinski definition) is 1. The lowest BCUT2D eigenvalue weighted by molar-refractivity contribution is -0.121. The Kier molecular flexibility index (Phi) is 6.32. The number of likely N-dealkylation sites (N-methyl/N-ethyl adjacent to an activating group) is 1. The minimum absolute atomic E-state index is 0.0270. The summed E-state index contributed by atoms with van der Waals surface area (Å²) in [6.45, 7) is 6.38. The van der Waals surface area contributed by atoms with Crippen molar-refractivity contribution in [2.75, 3.05) is 31.5 Å². The van der Waals surface area contributed by atoms with Gasteiger partial charge in [0.25, 0.3) is 5.91 Å². The van der Waals surface area contributed by atoms with E-state index in [-0.39, 0.29) is 17.7 Å². The summed E-state index contributed by atoms with van der Waals surface area (Å²) in [6, 6.07) is 7.41. The lowest BCUT2D eigenvalue weighted by Crippen LogP contribution is -2.41. The summed E-state index contributed by atoms with van der Waals surface area (Å²) >= 11 is 4.99. The number of nitrogens with zero attached hydrogens (tertiary/aromatic N) is 3. The number of aromatic nitrogens is 1. The largest absolute Gasteiger partial charge is 0.339 e. The number of amides is 2. The van der Waals surface area contributed by atoms with Gasteiger partial charge in [0.2, 0.25) is 5.91 Å². The smallest absolute Gasteiger partial charge is 0.253 e. The van der Waals surface area contributed by atoms with Gasteiger partial charge in [0.05, 0.1) is 5.69 Å². The molecule has 0 atom stereocenters. The number of likely N-dealkylation sites (tertiary alicyclic amines) is 1. The molecule has 1 saturated heterocycles. The number of carbonyl (C=O) groups is 2. The molecule has 0 unspecified atom stereocenters. The molecule has 1 aromatic heterocycles. The molecule has 0 radical (unpaired) electrons. The van der Waals surface area contributed by atoms with Crippen LogP contribution in [0.3, 0.4) is 0 Å². The molecule has 2 aromatic rings. The molecule has 2 aliphatic rings. The van der Waals surface area contributed by atoms with Crippen LogP contribution in [0.2, 0.25) is 0 Å². The molecule has 2 amide bonds. The highest BCUT2D eigenvalue weighted by Gasteiger charge is 2.29. The lowest BCUT2D eigenvalue weighted by atomic mass is 9.95. The van der Waals surface area contributed by atoms with Crippen LogP contribution in [0.1, 0.15) is 40.7 Å². The zero-order chi connectivity index (χ0) is 20.4. The Balaban J connectivity index is 1.31. The highest BCUT2D eigenvalue weighted by Crippen LogP contribution is 2.29. The van der Waals surface area contributed by atoms with E-state index < -0.39 is 0 Å². The number of rotatable bonds is 4. The molecule has 0 aliphatic carbocycles. The molecular formula is C21H25BrN4O2S. The minimum Gasteiger partial charge on any atom is -0.339 e. The second kappa shape index (κ2) is 8.93. The minimum atomic E-state index is -0.0722. The van der Waals surface area contributed by atoms with Gasteiger partial charge in [0.1, 0.15) is 0 Å². The third-order valence-electron chi connectivity index (χ3n) is 5.73. The number of thiazole rings is 1. The first kappa shape index (κ1) is 20.5. The van der Waals surface area contributed by atoms with Gasteiger partial charge in [-0.15, -0.1) is 11.3 Å². The maximum Gasteiger partial charge on any atom is 0.253 e. The second-order valence-corrected chi connectivity index (χ2v) is 9.57. The average Bonchev–Trinajstić information content (AvgIpc) is 3.15. The van der Waals surface area contributed by atoms with Gasteiger partial charge in [0, 0.05) is 53.4 Å². The van der Waals surface area contributed by atoms with Gasteiger partial charge >= 0.3 is 0 Å². The number of fused-ring (bicyclic) bond motifs is 1. The van der Waals surface area contributed by atoms with Gasteiger partial charge in [-0.25, -0.2) is 4.98 Å². The van der Waals surface area contributed by atoms with Crippen molar-refractivity contribution in [1.82, 2.24) is 14.8 Å². The number of benzene rings is 1. The van der Waals surface area contributed by atoms with Crippen molar-refractivity contribution in [3.05, 3.63) is 44.9 Å². The molecule has 0 spiro atoms. The first-order valence-electron chi connectivity index (χ1n) is 10.1. The van der Waals surface area contributed by atoms with Crippen LogP contribution in [0.25, 0.3) is 0 Å². The Hall–Kier alpha value is -1.77. The molecule has 1 aromatic carbocycles. The quantitative estimate of drug-likeness (QED) is 0.728. The van der Waals surface area contributed by atoms with Gasteiger partial charge in [-0.1, -0.05) is 22.9 Å². The summed E-state index contributed by atoms with van der Waals surface area (Å²) in [7, 11) is 0. The summed E-state index contributed by atoms with van der Waals surface area (Å²) in [4.78, 5) is 35.5. The topological polar surface area (TPSA) is 65.5 Å². The number of halogens is 1. The average molecular weight is 477 g/mol. The Morgan fingerprint density at radius 3 is 2.62 bits per heavy atom. The summed E-state index contributed by atoms with van der Waals surface area (Å²) in [5.41, 5.74) is 1.82. The van der Waals surface area contributed by atoms with Crippen LogP contribution in [0.5, 0.6) is 0 Å². The van der Waals surface area contributed by atoms with E-state index >= 15 is 0 Å². The molecule has 6 nitrogen and oxygen atoms in total. The normalized spacial score (nSPS) is 17.8. The van der Waals surface area contributed by atoms with E-state index in [0.29, 0.717) is 36.6 Å². The van der Waals surface area contributed by atoms with Crippen LogP contribution >= 0.6 is 27.3 Å². The van der Waals surface area contributed by atoms with Gasteiger partial charge < -0.3 is 10.2 Å². The molecule has 4 rings (SSSR count). The molecular weight excluding hydrogens is 452 g/mol. The molecule has 154 valence electrons. The fourth-order valence-corrected chi connectivity index (χ4v) is 5.22. The molecule has 1 N–H and O–H groups in total. The zero-order valence-electron chi connectivity index (χ0n) is 16.5. The van der Waals surface area contributed by atoms with Crippen LogP contribution in [0.15, 0.2) is 28.7 Å². The fourth-order valence-electron chi connectivity index (χ4n) is 3.90. The van der Waals surface area contributed by atoms with E-state index in [2.05, 4.69) is 38.1 Å². The Labute approximate surface area is 183 Å². The van der Waals surface area contributed by atoms with Gasteiger partial charge in [-0.05, 0) is 43.7 Å². The van der Waals surface area contributed by atoms with Crippen molar-refractivity contribution < 1.29 is 9.59 Å². The first-order valence-corrected chi connectivity index (χ1v) is 11.7. The summed E-state index contributed by atoms with van der Waals surface area (Å²) in [5, 5.41) is 3.74. The maximum absolute atomic E-state index is 12.7. The SMILES string of the molecule is CCN1CCc2nc(NC(=O)C3CCN(C(=O)c4ccc(Br)cc4)CC3)sc2C1. The molecule has 8 heteroatoms. The predicted molar refractivity (Wildman–Crippen MR) is 118 cm³/mol. The van der Waals surface area contributed by atoms with E-state index in [1.54, 1.807) is 11.3 Å². The van der Waals surface area contributed by atoms with Gasteiger partial charge in [-0.3, -0.25) is 14.5 Å². The van der Waals surface area contributed by atoms with E-state index in [1.807, 2.05) is 29.2 Å². The number of hydrogen-bond acceptors (Lipinski definition) is 5. The third kappa shape index (κ3) is 4.70. The van der Waals surface area contributed by atoms with Gasteiger partial charge in [-0.2, -0.15) is 0 Å². The third-order valence-corrected chi connectivity index (χ3v) is 7.26. The standard InChI is InChI=1S/C21H25BrN4O2S/c1-2-25-10-9-17-18(13-25)29-21(23-17)24-19(27)14-7-11-26(12-8-14)20(28)15-3-5-16(22)6-4-15/h3-6,14H,2,7-13H2,1H3,(H,23,24,27). The van der Waals surface area contributed by atoms with E-state index in [1.165, 1.54) is 4.88 Å². The summed E-state index contributed by atoms with van der Waals surface area (Å²) in [5.74, 6) is -0.0133. The Bertz CT molecular complexity index is 891. The van der Waals surface area contributed by atoms with Crippen molar-refractivity contribution in [2.45, 2.75) is 32.7 Å². The highest BCUT2D eigenvalue weighted by molar-refractivity contribution is 9.10. The van der Waals surface area contributed by atoms with Gasteiger partial charge in [0.15, 0.2) is 5.13 Å². The number of anilines is 1. The van der Waals surface area contributed by atoms with Crippen LogP contribution in [0, 0.1) is 5.92 Å². The van der Waals surface area contributed by atoms with Crippen molar-refractivity contribution in [3.63, 3.8) is 0 Å². The molecule has 0 bridgehead atoms. The predicted octanol–water partition coefficient (Wildman–Crippen LogP) is 3.77. The summed E-state index contributed by atoms with van der Waals surface area (Å²) in [6.07, 6.45) is 2.32. The number of piperidine rings is 1. The van der Waals surface area contributed by atoms with Crippen molar-refractivity contribution >= 4 is 44.2 Å². The number of nitrogens with one attached hydrogen (secondary N) is 1. The fraction of sp³-hybridized carbons (Fsp3) is 0.476. The maximum atomic E-state index is 12.7. The van der Waals surface area contributed by atoms with Crippen LogP contribution in [0.4, 0.5) is 5.13 Å². The first-order chi connectivity index (χ1) is 14.0. The zero-order valence-corrected chi connectivity index (χ0v) is 18.9. The van der Waals surface area contributed by atoms with Crippen LogP contribution in [-0.2, 0) is 17.8 Å². The molecule has 0 saturated carbocycles. The second-order valence-electron chi connectivity index (χ2n) is 7.57. The Morgan fingerprint density at radius 2 is 1.93 bits per heavy atom. The monoisotopic (exact) mass is 476 g/mol. The van der Waals surface area contributed by atoms with E-state index in [4.69, 9.17) is 0 Å². The van der Waals surface area contributed by atoms with Crippen molar-refractivity contribution in [2.24, 2.45) is 5.92 Å². The summed E-state index contributed by atoms with van der Waals surface area (Å²) < 4.78 is 0.954. The van der Waals surface area contributed by atoms with E-state index in [9.17, 15) is 9.59 Å². The molecule has 1 fully saturated rings. The number of carbonyl (C=O) groups excluding carboxylic acids is 2. The van der Waals surface area contributed by atoms with Crippen LogP contribution < -0.4 is 5.32 Å².